The van der Waals surface area contributed by atoms with Crippen molar-refractivity contribution in [3.8, 4) is 6.07 Å². The number of nitriles is 1. The summed E-state index contributed by atoms with van der Waals surface area (Å²) in [5, 5.41) is 12.8. The van der Waals surface area contributed by atoms with Crippen LogP contribution in [0.1, 0.15) is 29.0 Å². The van der Waals surface area contributed by atoms with Crippen molar-refractivity contribution < 1.29 is 9.21 Å². The molecule has 2 bridgehead atoms. The minimum absolute atomic E-state index is 0.0471. The van der Waals surface area contributed by atoms with E-state index in [4.69, 9.17) is 9.68 Å². The van der Waals surface area contributed by atoms with E-state index >= 15 is 0 Å². The average molecular weight is 295 g/mol. The SMILES string of the molecule is N#Cc1cc2cc(C(=O)N[C@@H]3C[C@H]4CCN(C4)C3)ccc2o1. The number of nitrogens with zero attached hydrogens (tertiary/aromatic N) is 2. The zero-order valence-corrected chi connectivity index (χ0v) is 12.2. The third-order valence-electron chi connectivity index (χ3n) is 4.69. The lowest BCUT2D eigenvalue weighted by molar-refractivity contribution is 0.0909. The van der Waals surface area contributed by atoms with Crippen LogP contribution in [0.5, 0.6) is 0 Å². The topological polar surface area (TPSA) is 69.3 Å². The molecule has 1 aromatic heterocycles. The number of carbonyl (C=O) groups is 1. The lowest BCUT2D eigenvalue weighted by Crippen LogP contribution is -2.47. The second-order valence-electron chi connectivity index (χ2n) is 6.30. The molecule has 22 heavy (non-hydrogen) atoms. The van der Waals surface area contributed by atoms with E-state index in [0.717, 1.165) is 30.8 Å². The number of piperidine rings is 1. The molecule has 2 aliphatic heterocycles. The number of benzene rings is 1. The first-order valence-corrected chi connectivity index (χ1v) is 7.68. The van der Waals surface area contributed by atoms with Gasteiger partial charge in [-0.2, -0.15) is 5.26 Å². The molecule has 3 heterocycles. The first-order valence-electron chi connectivity index (χ1n) is 7.68. The quantitative estimate of drug-likeness (QED) is 0.921. The maximum Gasteiger partial charge on any atom is 0.251 e. The van der Waals surface area contributed by atoms with Crippen molar-refractivity contribution in [2.45, 2.75) is 18.9 Å². The van der Waals surface area contributed by atoms with Crippen LogP contribution in [0.2, 0.25) is 0 Å². The van der Waals surface area contributed by atoms with Gasteiger partial charge in [-0.3, -0.25) is 4.79 Å². The molecule has 3 atom stereocenters. The molecule has 0 saturated carbocycles. The maximum atomic E-state index is 12.4. The summed E-state index contributed by atoms with van der Waals surface area (Å²) >= 11 is 0. The van der Waals surface area contributed by atoms with Crippen molar-refractivity contribution in [3.05, 3.63) is 35.6 Å². The molecule has 0 aliphatic carbocycles. The highest BCUT2D eigenvalue weighted by molar-refractivity contribution is 5.98. The molecule has 5 heteroatoms. The highest BCUT2D eigenvalue weighted by Crippen LogP contribution is 2.27. The minimum Gasteiger partial charge on any atom is -0.446 e. The number of carbonyl (C=O) groups excluding carboxylic acids is 1. The van der Waals surface area contributed by atoms with Gasteiger partial charge in [0.25, 0.3) is 5.91 Å². The number of hydrogen-bond acceptors (Lipinski definition) is 4. The second kappa shape index (κ2) is 5.15. The normalized spacial score (nSPS) is 26.8. The standard InChI is InChI=1S/C17H17N3O2/c18-8-15-7-13-6-12(1-2-16(13)22-15)17(21)19-14-5-11-3-4-20(9-11)10-14/h1-2,6-7,11,14H,3-5,9-10H2,(H,19,21)/t11-,14-/m1/s1. The predicted molar refractivity (Wildman–Crippen MR) is 81.3 cm³/mol. The molecule has 1 N–H and O–H groups in total. The average Bonchev–Trinajstić information content (AvgIpc) is 3.09. The Kier molecular flexibility index (Phi) is 3.12. The Bertz CT molecular complexity index is 762. The molecule has 2 saturated heterocycles. The van der Waals surface area contributed by atoms with E-state index in [2.05, 4.69) is 10.2 Å². The number of amides is 1. The highest BCUT2D eigenvalue weighted by Gasteiger charge is 2.32. The van der Waals surface area contributed by atoms with Gasteiger partial charge in [0.15, 0.2) is 0 Å². The molecule has 1 aromatic carbocycles. The van der Waals surface area contributed by atoms with E-state index < -0.39 is 0 Å². The minimum atomic E-state index is -0.0471. The van der Waals surface area contributed by atoms with Gasteiger partial charge in [-0.1, -0.05) is 0 Å². The van der Waals surface area contributed by atoms with Crippen LogP contribution >= 0.6 is 0 Å². The van der Waals surface area contributed by atoms with Crippen molar-refractivity contribution in [2.24, 2.45) is 5.92 Å². The van der Waals surface area contributed by atoms with Gasteiger partial charge < -0.3 is 14.6 Å². The van der Waals surface area contributed by atoms with Gasteiger partial charge >= 0.3 is 0 Å². The molecular formula is C17H17N3O2. The highest BCUT2D eigenvalue weighted by atomic mass is 16.3. The Balaban J connectivity index is 1.51. The molecule has 1 amide bonds. The number of furan rings is 1. The fourth-order valence-corrected chi connectivity index (χ4v) is 3.67. The molecule has 2 aromatic rings. The van der Waals surface area contributed by atoms with Crippen LogP contribution in [-0.4, -0.2) is 36.5 Å². The Morgan fingerprint density at radius 1 is 1.36 bits per heavy atom. The van der Waals surface area contributed by atoms with E-state index in [1.165, 1.54) is 13.0 Å². The molecule has 112 valence electrons. The van der Waals surface area contributed by atoms with Gasteiger partial charge in [-0.05, 0) is 43.5 Å². The van der Waals surface area contributed by atoms with E-state index in [-0.39, 0.29) is 17.7 Å². The van der Waals surface area contributed by atoms with Gasteiger partial charge in [0.1, 0.15) is 11.7 Å². The van der Waals surface area contributed by atoms with Gasteiger partial charge in [0.2, 0.25) is 5.76 Å². The van der Waals surface area contributed by atoms with Gasteiger partial charge in [-0.25, -0.2) is 0 Å². The van der Waals surface area contributed by atoms with E-state index in [1.807, 2.05) is 6.07 Å². The van der Waals surface area contributed by atoms with Crippen LogP contribution in [0.25, 0.3) is 11.0 Å². The molecule has 0 radical (unpaired) electrons. The van der Waals surface area contributed by atoms with Crippen LogP contribution in [0.3, 0.4) is 0 Å². The summed E-state index contributed by atoms with van der Waals surface area (Å²) in [7, 11) is 0. The zero-order valence-electron chi connectivity index (χ0n) is 12.2. The Labute approximate surface area is 128 Å². The van der Waals surface area contributed by atoms with Gasteiger partial charge in [0.05, 0.1) is 0 Å². The van der Waals surface area contributed by atoms with E-state index in [1.54, 1.807) is 24.3 Å². The first kappa shape index (κ1) is 13.4. The summed E-state index contributed by atoms with van der Waals surface area (Å²) < 4.78 is 5.34. The Morgan fingerprint density at radius 3 is 3.09 bits per heavy atom. The first-order chi connectivity index (χ1) is 10.7. The largest absolute Gasteiger partial charge is 0.446 e. The van der Waals surface area contributed by atoms with Crippen molar-refractivity contribution in [3.63, 3.8) is 0 Å². The third-order valence-corrected chi connectivity index (χ3v) is 4.69. The smallest absolute Gasteiger partial charge is 0.251 e. The summed E-state index contributed by atoms with van der Waals surface area (Å²) in [6, 6.07) is 9.16. The molecule has 0 spiro atoms. The molecular weight excluding hydrogens is 278 g/mol. The van der Waals surface area contributed by atoms with Crippen molar-refractivity contribution in [1.29, 1.82) is 5.26 Å². The lowest BCUT2D eigenvalue weighted by atomic mass is 9.96. The molecule has 5 nitrogen and oxygen atoms in total. The monoisotopic (exact) mass is 295 g/mol. The van der Waals surface area contributed by atoms with E-state index in [0.29, 0.717) is 11.1 Å². The third kappa shape index (κ3) is 2.36. The number of rotatable bonds is 2. The molecule has 1 unspecified atom stereocenters. The molecule has 4 rings (SSSR count). The fourth-order valence-electron chi connectivity index (χ4n) is 3.67. The van der Waals surface area contributed by atoms with E-state index in [9.17, 15) is 4.79 Å². The van der Waals surface area contributed by atoms with Crippen molar-refractivity contribution in [2.75, 3.05) is 19.6 Å². The van der Waals surface area contributed by atoms with Gasteiger partial charge in [0, 0.05) is 36.1 Å². The van der Waals surface area contributed by atoms with Crippen LogP contribution in [0.15, 0.2) is 28.7 Å². The summed E-state index contributed by atoms with van der Waals surface area (Å²) in [6.07, 6.45) is 2.33. The second-order valence-corrected chi connectivity index (χ2v) is 6.30. The Hall–Kier alpha value is -2.32. The lowest BCUT2D eigenvalue weighted by Gasteiger charge is -2.30. The summed E-state index contributed by atoms with van der Waals surface area (Å²) in [4.78, 5) is 14.9. The predicted octanol–water partition coefficient (Wildman–Crippen LogP) is 2.13. The van der Waals surface area contributed by atoms with Gasteiger partial charge in [-0.15, -0.1) is 0 Å². The summed E-state index contributed by atoms with van der Waals surface area (Å²) in [6.45, 7) is 3.30. The summed E-state index contributed by atoms with van der Waals surface area (Å²) in [5.41, 5.74) is 1.25. The number of hydrogen-bond donors (Lipinski definition) is 1. The van der Waals surface area contributed by atoms with Crippen molar-refractivity contribution in [1.82, 2.24) is 10.2 Å². The molecule has 2 fully saturated rings. The fraction of sp³-hybridized carbons (Fsp3) is 0.412. The number of nitrogens with one attached hydrogen (secondary N) is 1. The van der Waals surface area contributed by atoms with Crippen LogP contribution < -0.4 is 5.32 Å². The van der Waals surface area contributed by atoms with Crippen LogP contribution in [-0.2, 0) is 0 Å². The van der Waals surface area contributed by atoms with Crippen LogP contribution in [0, 0.1) is 17.2 Å². The Morgan fingerprint density at radius 2 is 2.27 bits per heavy atom. The number of fused-ring (bicyclic) bond motifs is 3. The molecule has 2 aliphatic rings. The maximum absolute atomic E-state index is 12.4. The van der Waals surface area contributed by atoms with Crippen LogP contribution in [0.4, 0.5) is 0 Å². The van der Waals surface area contributed by atoms with Crippen molar-refractivity contribution >= 4 is 16.9 Å². The summed E-state index contributed by atoms with van der Waals surface area (Å²) in [5.74, 6) is 0.951. The zero-order chi connectivity index (χ0) is 15.1.